The zero-order chi connectivity index (χ0) is 12.0. The average molecular weight is 240 g/mol. The number of allylic oxidation sites excluding steroid dienone is 2. The Balaban J connectivity index is 2.87. The summed E-state index contributed by atoms with van der Waals surface area (Å²) in [6.07, 6.45) is 7.12. The Morgan fingerprint density at radius 3 is 3.06 bits per heavy atom. The van der Waals surface area contributed by atoms with Crippen molar-refractivity contribution >= 4 is 17.9 Å². The lowest BCUT2D eigenvalue weighted by Crippen LogP contribution is -2.89. The molecular weight excluding hydrogens is 224 g/mol. The molecule has 1 aliphatic heterocycles. The van der Waals surface area contributed by atoms with Crippen LogP contribution in [0.15, 0.2) is 52.9 Å². The predicted molar refractivity (Wildman–Crippen MR) is 67.2 cm³/mol. The van der Waals surface area contributed by atoms with E-state index in [1.165, 1.54) is 0 Å². The highest BCUT2D eigenvalue weighted by atomic mass is 35.5. The van der Waals surface area contributed by atoms with Gasteiger partial charge in [0, 0.05) is 6.08 Å². The molecule has 1 aliphatic rings. The minimum atomic E-state index is 0.0436. The van der Waals surface area contributed by atoms with Gasteiger partial charge in [-0.2, -0.15) is 4.99 Å². The summed E-state index contributed by atoms with van der Waals surface area (Å²) in [7, 11) is 0. The largest absolute Gasteiger partial charge is 0.494 e. The maximum absolute atomic E-state index is 5.86. The highest BCUT2D eigenvalue weighted by Gasteiger charge is 2.20. The molecule has 1 unspecified atom stereocenters. The number of hydrogen-bond acceptors (Lipinski definition) is 2. The molecule has 0 aliphatic carbocycles. The quantitative estimate of drug-likeness (QED) is 0.443. The monoisotopic (exact) mass is 239 g/mol. The van der Waals surface area contributed by atoms with Gasteiger partial charge in [-0.05, 0) is 13.0 Å². The summed E-state index contributed by atoms with van der Waals surface area (Å²) in [4.78, 5) is 3.95. The van der Waals surface area contributed by atoms with E-state index >= 15 is 0 Å². The van der Waals surface area contributed by atoms with Crippen LogP contribution in [-0.4, -0.2) is 19.0 Å². The van der Waals surface area contributed by atoms with Crippen LogP contribution < -0.4 is 5.32 Å². The molecule has 16 heavy (non-hydrogen) atoms. The van der Waals surface area contributed by atoms with Gasteiger partial charge in [0.15, 0.2) is 6.34 Å². The Morgan fingerprint density at radius 1 is 1.75 bits per heavy atom. The third-order valence-corrected chi connectivity index (χ3v) is 2.33. The number of nitrogens with zero attached hydrogens (tertiary/aromatic N) is 1. The minimum Gasteiger partial charge on any atom is -0.494 e. The van der Waals surface area contributed by atoms with Crippen LogP contribution in [0.3, 0.4) is 0 Å². The van der Waals surface area contributed by atoms with E-state index in [2.05, 4.69) is 18.2 Å². The Labute approximate surface area is 101 Å². The fraction of sp³-hybridized carbons (Fsp3) is 0.250. The standard InChI is InChI=1S/C12H15ClN2O/c1-4-6-10(9(3)16-5-2)11-7-12(13)15-8-14-11/h4,6-8,11H,1,3,5H2,2H3,(H,14,15)/p+1. The topological polar surface area (TPSA) is 38.2 Å². The Bertz CT molecular complexity index is 369. The highest BCUT2D eigenvalue weighted by molar-refractivity contribution is 6.29. The van der Waals surface area contributed by atoms with Gasteiger partial charge < -0.3 is 4.74 Å². The summed E-state index contributed by atoms with van der Waals surface area (Å²) < 4.78 is 5.40. The molecule has 0 aromatic rings. The van der Waals surface area contributed by atoms with Gasteiger partial charge in [-0.25, -0.2) is 0 Å². The fourth-order valence-electron chi connectivity index (χ4n) is 1.42. The van der Waals surface area contributed by atoms with Crippen molar-refractivity contribution in [1.82, 2.24) is 0 Å². The van der Waals surface area contributed by atoms with Crippen molar-refractivity contribution < 1.29 is 10.1 Å². The van der Waals surface area contributed by atoms with E-state index in [9.17, 15) is 0 Å². The third kappa shape index (κ3) is 3.36. The Morgan fingerprint density at radius 2 is 2.50 bits per heavy atom. The molecule has 1 rings (SSSR count). The first-order valence-corrected chi connectivity index (χ1v) is 5.46. The number of nitrogens with two attached hydrogens (primary N) is 1. The second-order valence-electron chi connectivity index (χ2n) is 3.20. The molecule has 4 heteroatoms. The van der Waals surface area contributed by atoms with Gasteiger partial charge in [0.2, 0.25) is 0 Å². The molecule has 0 saturated carbocycles. The van der Waals surface area contributed by atoms with E-state index in [1.54, 1.807) is 12.4 Å². The van der Waals surface area contributed by atoms with Crippen molar-refractivity contribution in [1.29, 1.82) is 0 Å². The molecule has 1 heterocycles. The van der Waals surface area contributed by atoms with Crippen LogP contribution in [0.1, 0.15) is 6.92 Å². The second-order valence-corrected chi connectivity index (χ2v) is 3.59. The molecule has 0 aromatic heterocycles. The van der Waals surface area contributed by atoms with Gasteiger partial charge >= 0.3 is 0 Å². The summed E-state index contributed by atoms with van der Waals surface area (Å²) in [6.45, 7) is 10.1. The molecule has 0 aromatic carbocycles. The summed E-state index contributed by atoms with van der Waals surface area (Å²) in [6, 6.07) is 0.0436. The smallest absolute Gasteiger partial charge is 0.188 e. The number of halogens is 1. The van der Waals surface area contributed by atoms with E-state index < -0.39 is 0 Å². The van der Waals surface area contributed by atoms with E-state index in [0.717, 1.165) is 5.57 Å². The molecule has 3 nitrogen and oxygen atoms in total. The maximum atomic E-state index is 5.86. The first-order chi connectivity index (χ1) is 7.69. The van der Waals surface area contributed by atoms with Crippen molar-refractivity contribution in [2.45, 2.75) is 13.0 Å². The number of rotatable bonds is 5. The lowest BCUT2D eigenvalue weighted by Gasteiger charge is -2.17. The van der Waals surface area contributed by atoms with Gasteiger partial charge in [0.25, 0.3) is 0 Å². The number of quaternary nitrogens is 1. The molecular formula is C12H16ClN2O+. The summed E-state index contributed by atoms with van der Waals surface area (Å²) in [5.74, 6) is 0.639. The van der Waals surface area contributed by atoms with Crippen molar-refractivity contribution in [3.63, 3.8) is 0 Å². The van der Waals surface area contributed by atoms with Crippen molar-refractivity contribution in [3.05, 3.63) is 47.9 Å². The molecule has 2 N–H and O–H groups in total. The molecule has 0 saturated heterocycles. The van der Waals surface area contributed by atoms with Crippen molar-refractivity contribution in [3.8, 4) is 0 Å². The zero-order valence-electron chi connectivity index (χ0n) is 9.32. The summed E-state index contributed by atoms with van der Waals surface area (Å²) in [5.41, 5.74) is 0.946. The normalized spacial score (nSPS) is 20.2. The number of ether oxygens (including phenoxy) is 1. The maximum Gasteiger partial charge on any atom is 0.188 e. The van der Waals surface area contributed by atoms with Crippen molar-refractivity contribution in [2.75, 3.05) is 6.61 Å². The first-order valence-electron chi connectivity index (χ1n) is 5.08. The van der Waals surface area contributed by atoms with Gasteiger partial charge in [0.1, 0.15) is 17.0 Å². The lowest BCUT2D eigenvalue weighted by atomic mass is 10.0. The highest BCUT2D eigenvalue weighted by Crippen LogP contribution is 2.17. The molecule has 0 fully saturated rings. The van der Waals surface area contributed by atoms with Crippen LogP contribution in [0.4, 0.5) is 0 Å². The van der Waals surface area contributed by atoms with E-state index in [0.29, 0.717) is 17.5 Å². The molecule has 0 amide bonds. The van der Waals surface area contributed by atoms with Crippen LogP contribution in [0.2, 0.25) is 0 Å². The van der Waals surface area contributed by atoms with Crippen LogP contribution in [0.25, 0.3) is 0 Å². The van der Waals surface area contributed by atoms with E-state index in [4.69, 9.17) is 16.3 Å². The second kappa shape index (κ2) is 6.30. The van der Waals surface area contributed by atoms with E-state index in [1.807, 2.05) is 24.4 Å². The fourth-order valence-corrected chi connectivity index (χ4v) is 1.61. The van der Waals surface area contributed by atoms with Crippen LogP contribution >= 0.6 is 11.6 Å². The Hall–Kier alpha value is -1.32. The molecule has 0 spiro atoms. The molecule has 0 bridgehead atoms. The predicted octanol–water partition coefficient (Wildman–Crippen LogP) is 1.70. The summed E-state index contributed by atoms with van der Waals surface area (Å²) in [5, 5.41) is 2.41. The number of aliphatic imine (C=N–C) groups is 1. The average Bonchev–Trinajstić information content (AvgIpc) is 2.26. The van der Waals surface area contributed by atoms with E-state index in [-0.39, 0.29) is 6.04 Å². The molecule has 0 radical (unpaired) electrons. The minimum absolute atomic E-state index is 0.0436. The Kier molecular flexibility index (Phi) is 5.02. The number of hydrogen-bond donors (Lipinski definition) is 1. The van der Waals surface area contributed by atoms with Crippen LogP contribution in [-0.2, 0) is 4.74 Å². The van der Waals surface area contributed by atoms with Gasteiger partial charge in [-0.15, -0.1) is 0 Å². The molecule has 1 atom stereocenters. The first kappa shape index (κ1) is 12.7. The lowest BCUT2D eigenvalue weighted by molar-refractivity contribution is -0.551. The third-order valence-electron chi connectivity index (χ3n) is 2.11. The van der Waals surface area contributed by atoms with Crippen molar-refractivity contribution in [2.24, 2.45) is 4.99 Å². The molecule has 86 valence electrons. The van der Waals surface area contributed by atoms with Crippen LogP contribution in [0, 0.1) is 0 Å². The summed E-state index contributed by atoms with van der Waals surface area (Å²) >= 11 is 5.86. The SMILES string of the molecule is C=CC=C(C(=C)OCC)C1C=C(Cl)N=C[NH2+]1. The van der Waals surface area contributed by atoms with Gasteiger partial charge in [-0.1, -0.05) is 30.8 Å². The zero-order valence-corrected chi connectivity index (χ0v) is 10.1. The van der Waals surface area contributed by atoms with Gasteiger partial charge in [-0.3, -0.25) is 5.32 Å². The van der Waals surface area contributed by atoms with Gasteiger partial charge in [0.05, 0.1) is 12.2 Å². The van der Waals surface area contributed by atoms with Crippen LogP contribution in [0.5, 0.6) is 0 Å².